The van der Waals surface area contributed by atoms with E-state index in [-0.39, 0.29) is 83.3 Å². The number of nitro benzene ring substituents is 1. The van der Waals surface area contributed by atoms with E-state index in [0.29, 0.717) is 48.5 Å². The molecule has 1 aliphatic heterocycles. The van der Waals surface area contributed by atoms with Crippen molar-refractivity contribution >= 4 is 29.5 Å². The second kappa shape index (κ2) is 26.0. The van der Waals surface area contributed by atoms with E-state index in [1.54, 1.807) is 41.3 Å². The monoisotopic (exact) mass is 972 g/mol. The lowest BCUT2D eigenvalue weighted by Crippen LogP contribution is -2.70. The largest absolute Gasteiger partial charge is 0.459 e. The molecule has 2 aliphatic carbocycles. The number of carbonyl (C=O) groups excluding carboxylic acids is 2. The van der Waals surface area contributed by atoms with Crippen molar-refractivity contribution in [3.63, 3.8) is 0 Å². The summed E-state index contributed by atoms with van der Waals surface area (Å²) in [5.74, 6) is -2.50. The smallest absolute Gasteiger partial charge is 0.412 e. The molecule has 6 atom stereocenters. The predicted molar refractivity (Wildman–Crippen MR) is 267 cm³/mol. The van der Waals surface area contributed by atoms with Crippen molar-refractivity contribution < 1.29 is 53.6 Å². The fourth-order valence-corrected chi connectivity index (χ4v) is 10.1. The summed E-state index contributed by atoms with van der Waals surface area (Å²) in [4.78, 5) is 47.1. The zero-order valence-corrected chi connectivity index (χ0v) is 39.9. The summed E-state index contributed by atoms with van der Waals surface area (Å²) >= 11 is 0. The van der Waals surface area contributed by atoms with Crippen molar-refractivity contribution in [2.75, 3.05) is 46.2 Å². The summed E-state index contributed by atoms with van der Waals surface area (Å²) in [7, 11) is 0. The number of ether oxygens (including phenoxy) is 4. The molecule has 7 rings (SSSR count). The molecule has 0 aromatic heterocycles. The van der Waals surface area contributed by atoms with Crippen LogP contribution in [0.1, 0.15) is 73.1 Å². The number of oxime groups is 1. The number of aliphatic hydroxyl groups excluding tert-OH is 3. The van der Waals surface area contributed by atoms with Gasteiger partial charge in [0.1, 0.15) is 24.1 Å². The molecule has 0 spiro atoms. The lowest BCUT2D eigenvalue weighted by molar-refractivity contribution is -0.384. The summed E-state index contributed by atoms with van der Waals surface area (Å²) in [5, 5.41) is 48.8. The number of carbonyl (C=O) groups is 2. The van der Waals surface area contributed by atoms with E-state index < -0.39 is 40.6 Å². The number of hydrogen-bond acceptors (Lipinski definition) is 13. The normalized spacial score (nSPS) is 21.6. The Bertz CT molecular complexity index is 2480. The Hall–Kier alpha value is -6.69. The number of allylic oxidation sites excluding steroid dienone is 1. The van der Waals surface area contributed by atoms with Gasteiger partial charge in [-0.2, -0.15) is 0 Å². The predicted octanol–water partition coefficient (Wildman–Crippen LogP) is 8.27. The van der Waals surface area contributed by atoms with E-state index in [0.717, 1.165) is 35.1 Å². The second-order valence-electron chi connectivity index (χ2n) is 17.8. The van der Waals surface area contributed by atoms with Crippen molar-refractivity contribution in [3.05, 3.63) is 166 Å². The summed E-state index contributed by atoms with van der Waals surface area (Å²) in [6, 6.07) is 29.4. The average Bonchev–Trinajstić information content (AvgIpc) is 3.39. The average molecular weight is 973 g/mol. The van der Waals surface area contributed by atoms with Crippen LogP contribution in [0.5, 0.6) is 11.5 Å². The highest BCUT2D eigenvalue weighted by atomic mass is 16.7. The van der Waals surface area contributed by atoms with E-state index in [2.05, 4.69) is 18.0 Å². The van der Waals surface area contributed by atoms with E-state index in [9.17, 15) is 35.0 Å². The minimum Gasteiger partial charge on any atom is -0.459 e. The SMILES string of the molecule is C=CCO[C@@]12Oc3ccc(OC(=O)NCc4ccccc4)cc3[C@H]3[C@H](CCCCO)[C@@H](CCCCO)C=C(C(=NOCc4ccccc4)C[C@@H]1N(CCOCCO)C(=O)C=Cc1ccc([N+](=O)[O-])cc1)[C@H]32. The Labute approximate surface area is 414 Å². The molecule has 2 amide bonds. The van der Waals surface area contributed by atoms with E-state index in [1.807, 2.05) is 66.7 Å². The van der Waals surface area contributed by atoms with Gasteiger partial charge in [-0.05, 0) is 96.2 Å². The molecule has 4 aromatic rings. The van der Waals surface area contributed by atoms with Gasteiger partial charge in [0.05, 0.1) is 43.0 Å². The molecular formula is C55H64N4O12. The first-order valence-corrected chi connectivity index (χ1v) is 24.3. The van der Waals surface area contributed by atoms with Gasteiger partial charge in [-0.15, -0.1) is 6.58 Å². The topological polar surface area (TPSA) is 212 Å². The minimum atomic E-state index is -1.61. The summed E-state index contributed by atoms with van der Waals surface area (Å²) in [5.41, 5.74) is 4.44. The van der Waals surface area contributed by atoms with Gasteiger partial charge in [0.15, 0.2) is 0 Å². The number of benzene rings is 4. The van der Waals surface area contributed by atoms with Crippen LogP contribution < -0.4 is 14.8 Å². The van der Waals surface area contributed by atoms with Gasteiger partial charge >= 0.3 is 6.09 Å². The van der Waals surface area contributed by atoms with E-state index in [1.165, 1.54) is 18.2 Å². The van der Waals surface area contributed by atoms with Gasteiger partial charge in [-0.3, -0.25) is 14.9 Å². The number of nitro groups is 1. The molecule has 16 nitrogen and oxygen atoms in total. The van der Waals surface area contributed by atoms with Crippen LogP contribution in [0.4, 0.5) is 10.5 Å². The number of fused-ring (bicyclic) bond motifs is 2. The number of unbranched alkanes of at least 4 members (excludes halogenated alkanes) is 2. The fraction of sp³-hybridized carbons (Fsp3) is 0.400. The number of nitrogens with zero attached hydrogens (tertiary/aromatic N) is 3. The number of hydrogen-bond donors (Lipinski definition) is 4. The standard InChI is InChI=1S/C55H64N4O12/c1-2-31-68-55-50(58(27-32-67-33-30-62)51(63)26-21-39-19-22-43(23-20-39)59(65)66)36-48(57-69-38-41-15-7-4-8-16-41)46-34-42(17-9-11-28-60)45(18-10-12-29-61)52(53(46)55)47-35-44(24-25-49(47)71-55)70-54(64)56-37-40-13-5-3-6-14-40/h2-8,13-16,19-26,34-35,42,45,50,52-53,60-62H,1,9-12,17-18,27-33,36-38H2,(H,56,64)/t42-,45+,50-,52+,53+,55+/m0/s1. The maximum absolute atomic E-state index is 15.0. The van der Waals surface area contributed by atoms with Gasteiger partial charge in [-0.1, -0.05) is 90.8 Å². The Kier molecular flexibility index (Phi) is 19.1. The number of nitrogens with one attached hydrogen (secondary N) is 1. The molecule has 16 heteroatoms. The molecule has 1 heterocycles. The lowest BCUT2D eigenvalue weighted by atomic mass is 9.55. The van der Waals surface area contributed by atoms with Crippen molar-refractivity contribution in [3.8, 4) is 11.5 Å². The van der Waals surface area contributed by atoms with Crippen LogP contribution in [0, 0.1) is 27.9 Å². The van der Waals surface area contributed by atoms with Gasteiger partial charge in [0.25, 0.3) is 5.69 Å². The van der Waals surface area contributed by atoms with Crippen LogP contribution >= 0.6 is 0 Å². The first-order valence-electron chi connectivity index (χ1n) is 24.3. The molecule has 0 unspecified atom stereocenters. The first kappa shape index (κ1) is 52.1. The van der Waals surface area contributed by atoms with Gasteiger partial charge in [0.2, 0.25) is 11.7 Å². The summed E-state index contributed by atoms with van der Waals surface area (Å²) in [6.07, 6.45) is 10.4. The highest BCUT2D eigenvalue weighted by Crippen LogP contribution is 2.62. The molecule has 4 aromatic carbocycles. The van der Waals surface area contributed by atoms with Crippen LogP contribution in [0.15, 0.2) is 139 Å². The highest BCUT2D eigenvalue weighted by Gasteiger charge is 2.65. The molecule has 4 N–H and O–H groups in total. The summed E-state index contributed by atoms with van der Waals surface area (Å²) < 4.78 is 26.2. The van der Waals surface area contributed by atoms with Gasteiger partial charge < -0.3 is 49.3 Å². The van der Waals surface area contributed by atoms with Crippen molar-refractivity contribution in [2.24, 2.45) is 22.9 Å². The maximum Gasteiger partial charge on any atom is 0.412 e. The molecule has 0 bridgehead atoms. The third-order valence-electron chi connectivity index (χ3n) is 13.3. The van der Waals surface area contributed by atoms with Crippen LogP contribution in [0.2, 0.25) is 0 Å². The quantitative estimate of drug-likeness (QED) is 0.0154. The number of aliphatic hydroxyl groups is 3. The number of non-ortho nitro benzene ring substituents is 1. The van der Waals surface area contributed by atoms with Crippen LogP contribution in [0.25, 0.3) is 6.08 Å². The zero-order chi connectivity index (χ0) is 50.0. The third-order valence-corrected chi connectivity index (χ3v) is 13.3. The van der Waals surface area contributed by atoms with Gasteiger partial charge in [-0.25, -0.2) is 4.79 Å². The molecule has 1 saturated carbocycles. The van der Waals surface area contributed by atoms with E-state index >= 15 is 0 Å². The highest BCUT2D eigenvalue weighted by molar-refractivity contribution is 6.03. The Morgan fingerprint density at radius 3 is 2.31 bits per heavy atom. The van der Waals surface area contributed by atoms with Crippen LogP contribution in [-0.2, 0) is 32.3 Å². The number of rotatable bonds is 26. The van der Waals surface area contributed by atoms with Gasteiger partial charge in [0, 0.05) is 62.4 Å². The third kappa shape index (κ3) is 13.2. The first-order chi connectivity index (χ1) is 34.7. The second-order valence-corrected chi connectivity index (χ2v) is 17.8. The Balaban J connectivity index is 1.39. The molecule has 3 aliphatic rings. The molecule has 1 fully saturated rings. The molecule has 0 saturated heterocycles. The van der Waals surface area contributed by atoms with E-state index in [4.69, 9.17) is 28.9 Å². The van der Waals surface area contributed by atoms with Crippen LogP contribution in [0.3, 0.4) is 0 Å². The Morgan fingerprint density at radius 2 is 1.62 bits per heavy atom. The lowest BCUT2D eigenvalue weighted by Gasteiger charge is -2.60. The molecular weight excluding hydrogens is 909 g/mol. The maximum atomic E-state index is 15.0. The zero-order valence-electron chi connectivity index (χ0n) is 39.9. The minimum absolute atomic E-state index is 0.0136. The fourth-order valence-electron chi connectivity index (χ4n) is 10.1. The molecule has 376 valence electrons. The number of amides is 2. The molecule has 0 radical (unpaired) electrons. The summed E-state index contributed by atoms with van der Waals surface area (Å²) in [6.45, 7) is 4.40. The van der Waals surface area contributed by atoms with Crippen LogP contribution in [-0.4, -0.2) is 101 Å². The molecule has 71 heavy (non-hydrogen) atoms. The van der Waals surface area contributed by atoms with Crippen molar-refractivity contribution in [1.29, 1.82) is 0 Å². The Morgan fingerprint density at radius 1 is 0.901 bits per heavy atom. The van der Waals surface area contributed by atoms with Crippen molar-refractivity contribution in [1.82, 2.24) is 10.2 Å². The van der Waals surface area contributed by atoms with Crippen molar-refractivity contribution in [2.45, 2.75) is 75.8 Å².